The molecule has 0 atom stereocenters. The Bertz CT molecular complexity index is 827. The first-order valence-corrected chi connectivity index (χ1v) is 8.96. The highest BCUT2D eigenvalue weighted by Gasteiger charge is 2.20. The summed E-state index contributed by atoms with van der Waals surface area (Å²) >= 11 is 0. The smallest absolute Gasteiger partial charge is 0.387 e. The van der Waals surface area contributed by atoms with Gasteiger partial charge in [-0.3, -0.25) is 4.79 Å². The van der Waals surface area contributed by atoms with Crippen LogP contribution in [0.5, 0.6) is 11.5 Å². The maximum Gasteiger partial charge on any atom is 0.387 e. The number of allylic oxidation sites excluding steroid dienone is 2. The second-order valence-electron chi connectivity index (χ2n) is 6.42. The Morgan fingerprint density at radius 1 is 0.690 bits per heavy atom. The normalized spacial score (nSPS) is 17.4. The summed E-state index contributed by atoms with van der Waals surface area (Å²) in [6.07, 6.45) is 5.50. The average molecular weight is 406 g/mol. The van der Waals surface area contributed by atoms with E-state index in [-0.39, 0.29) is 17.3 Å². The Morgan fingerprint density at radius 3 is 1.41 bits per heavy atom. The SMILES string of the molecule is O=C1/C(=C\c2ccc(OC(F)F)cc2)CCC/C1=C/c1ccc(OC(F)F)cc1. The van der Waals surface area contributed by atoms with Crippen LogP contribution in [-0.2, 0) is 4.79 Å². The van der Waals surface area contributed by atoms with Gasteiger partial charge in [0.05, 0.1) is 0 Å². The highest BCUT2D eigenvalue weighted by Crippen LogP contribution is 2.29. The number of ether oxygens (including phenoxy) is 2. The van der Waals surface area contributed by atoms with Crippen LogP contribution in [0.3, 0.4) is 0 Å². The van der Waals surface area contributed by atoms with Crippen molar-refractivity contribution in [3.05, 3.63) is 70.8 Å². The van der Waals surface area contributed by atoms with Crippen LogP contribution in [0.1, 0.15) is 30.4 Å². The third-order valence-corrected chi connectivity index (χ3v) is 4.37. The molecule has 1 aliphatic rings. The van der Waals surface area contributed by atoms with E-state index < -0.39 is 13.2 Å². The van der Waals surface area contributed by atoms with Crippen molar-refractivity contribution in [1.82, 2.24) is 0 Å². The minimum Gasteiger partial charge on any atom is -0.435 e. The molecule has 0 N–H and O–H groups in total. The molecular formula is C22H18F4O3. The molecule has 0 bridgehead atoms. The van der Waals surface area contributed by atoms with Gasteiger partial charge in [0.25, 0.3) is 0 Å². The summed E-state index contributed by atoms with van der Waals surface area (Å²) in [7, 11) is 0. The van der Waals surface area contributed by atoms with Crippen molar-refractivity contribution in [2.24, 2.45) is 0 Å². The van der Waals surface area contributed by atoms with Gasteiger partial charge in [0, 0.05) is 11.1 Å². The van der Waals surface area contributed by atoms with Crippen LogP contribution in [0.15, 0.2) is 59.7 Å². The minimum atomic E-state index is -2.89. The fourth-order valence-electron chi connectivity index (χ4n) is 3.07. The summed E-state index contributed by atoms with van der Waals surface area (Å²) in [6.45, 7) is -5.77. The Morgan fingerprint density at radius 2 is 1.07 bits per heavy atom. The molecular weight excluding hydrogens is 388 g/mol. The number of hydrogen-bond donors (Lipinski definition) is 0. The number of rotatable bonds is 6. The maximum absolute atomic E-state index is 12.8. The third-order valence-electron chi connectivity index (χ3n) is 4.37. The van der Waals surface area contributed by atoms with Crippen molar-refractivity contribution >= 4 is 17.9 Å². The van der Waals surface area contributed by atoms with Crippen molar-refractivity contribution < 1.29 is 31.8 Å². The van der Waals surface area contributed by atoms with Crippen LogP contribution in [0.25, 0.3) is 12.2 Å². The standard InChI is InChI=1S/C22H18F4O3/c23-21(24)28-18-8-4-14(5-9-18)12-16-2-1-3-17(20(16)27)13-15-6-10-19(11-7-15)29-22(25)26/h4-13,21-22H,1-3H2/b16-12-,17-13-. The van der Waals surface area contributed by atoms with E-state index in [9.17, 15) is 22.4 Å². The van der Waals surface area contributed by atoms with Crippen LogP contribution in [0, 0.1) is 0 Å². The number of ketones is 1. The highest BCUT2D eigenvalue weighted by molar-refractivity contribution is 6.13. The van der Waals surface area contributed by atoms with Gasteiger partial charge in [-0.15, -0.1) is 0 Å². The molecule has 29 heavy (non-hydrogen) atoms. The Balaban J connectivity index is 1.74. The van der Waals surface area contributed by atoms with Gasteiger partial charge < -0.3 is 9.47 Å². The zero-order chi connectivity index (χ0) is 20.8. The quantitative estimate of drug-likeness (QED) is 0.429. The fraction of sp³-hybridized carbons (Fsp3) is 0.227. The van der Waals surface area contributed by atoms with E-state index in [1.54, 1.807) is 36.4 Å². The average Bonchev–Trinajstić information content (AvgIpc) is 2.67. The number of carbonyl (C=O) groups is 1. The van der Waals surface area contributed by atoms with Crippen LogP contribution >= 0.6 is 0 Å². The van der Waals surface area contributed by atoms with Crippen LogP contribution in [0.4, 0.5) is 17.6 Å². The van der Waals surface area contributed by atoms with E-state index in [0.29, 0.717) is 35.1 Å². The monoisotopic (exact) mass is 406 g/mol. The number of benzene rings is 2. The second-order valence-corrected chi connectivity index (χ2v) is 6.42. The van der Waals surface area contributed by atoms with Crippen molar-refractivity contribution in [3.8, 4) is 11.5 Å². The molecule has 2 aromatic carbocycles. The molecule has 0 heterocycles. The lowest BCUT2D eigenvalue weighted by Gasteiger charge is -2.17. The summed E-state index contributed by atoms with van der Waals surface area (Å²) in [4.78, 5) is 12.8. The molecule has 3 nitrogen and oxygen atoms in total. The molecule has 7 heteroatoms. The van der Waals surface area contributed by atoms with E-state index in [0.717, 1.165) is 6.42 Å². The van der Waals surface area contributed by atoms with E-state index in [2.05, 4.69) is 9.47 Å². The lowest BCUT2D eigenvalue weighted by Crippen LogP contribution is -2.12. The largest absolute Gasteiger partial charge is 0.435 e. The molecule has 3 rings (SSSR count). The lowest BCUT2D eigenvalue weighted by molar-refractivity contribution is -0.112. The first kappa shape index (κ1) is 20.6. The third kappa shape index (κ3) is 5.94. The molecule has 0 amide bonds. The van der Waals surface area contributed by atoms with Gasteiger partial charge in [-0.05, 0) is 66.8 Å². The van der Waals surface area contributed by atoms with Crippen molar-refractivity contribution in [2.45, 2.75) is 32.5 Å². The maximum atomic E-state index is 12.8. The van der Waals surface area contributed by atoms with Gasteiger partial charge >= 0.3 is 13.2 Å². The van der Waals surface area contributed by atoms with Gasteiger partial charge in [-0.1, -0.05) is 24.3 Å². The van der Waals surface area contributed by atoms with Crippen LogP contribution < -0.4 is 9.47 Å². The second kappa shape index (κ2) is 9.41. The van der Waals surface area contributed by atoms with E-state index in [1.807, 2.05) is 0 Å². The number of hydrogen-bond acceptors (Lipinski definition) is 3. The number of halogens is 4. The van der Waals surface area contributed by atoms with Crippen molar-refractivity contribution in [3.63, 3.8) is 0 Å². The lowest BCUT2D eigenvalue weighted by atomic mass is 9.87. The predicted molar refractivity (Wildman–Crippen MR) is 101 cm³/mol. The van der Waals surface area contributed by atoms with Gasteiger partial charge in [0.1, 0.15) is 11.5 Å². The molecule has 1 saturated carbocycles. The predicted octanol–water partition coefficient (Wildman–Crippen LogP) is 6.11. The van der Waals surface area contributed by atoms with Crippen molar-refractivity contribution in [2.75, 3.05) is 0 Å². The summed E-state index contributed by atoms with van der Waals surface area (Å²) in [6, 6.07) is 12.1. The molecule has 0 aliphatic heterocycles. The summed E-state index contributed by atoms with van der Waals surface area (Å²) in [5.41, 5.74) is 2.68. The van der Waals surface area contributed by atoms with Gasteiger partial charge in [0.15, 0.2) is 5.78 Å². The van der Waals surface area contributed by atoms with Gasteiger partial charge in [0.2, 0.25) is 0 Å². The zero-order valence-corrected chi connectivity index (χ0v) is 15.3. The molecule has 0 aromatic heterocycles. The molecule has 1 aliphatic carbocycles. The molecule has 1 fully saturated rings. The van der Waals surface area contributed by atoms with E-state index >= 15 is 0 Å². The highest BCUT2D eigenvalue weighted by atomic mass is 19.3. The van der Waals surface area contributed by atoms with E-state index in [4.69, 9.17) is 0 Å². The molecule has 2 aromatic rings. The molecule has 0 unspecified atom stereocenters. The molecule has 0 radical (unpaired) electrons. The van der Waals surface area contributed by atoms with Gasteiger partial charge in [-0.25, -0.2) is 0 Å². The topological polar surface area (TPSA) is 35.5 Å². The minimum absolute atomic E-state index is 0.0528. The summed E-state index contributed by atoms with van der Waals surface area (Å²) in [5.74, 6) is 0.0195. The first-order chi connectivity index (χ1) is 13.9. The summed E-state index contributed by atoms with van der Waals surface area (Å²) < 4.78 is 57.5. The first-order valence-electron chi connectivity index (χ1n) is 8.96. The Hall–Kier alpha value is -3.09. The molecule has 152 valence electrons. The zero-order valence-electron chi connectivity index (χ0n) is 15.3. The number of Topliss-reactive ketones (excluding diaryl/α,β-unsaturated/α-hetero) is 1. The number of alkyl halides is 4. The Labute approximate surface area is 165 Å². The Kier molecular flexibility index (Phi) is 6.69. The van der Waals surface area contributed by atoms with Crippen molar-refractivity contribution in [1.29, 1.82) is 0 Å². The molecule has 0 saturated heterocycles. The van der Waals surface area contributed by atoms with Crippen LogP contribution in [0.2, 0.25) is 0 Å². The number of carbonyl (C=O) groups excluding carboxylic acids is 1. The fourth-order valence-corrected chi connectivity index (χ4v) is 3.07. The van der Waals surface area contributed by atoms with Gasteiger partial charge in [-0.2, -0.15) is 17.6 Å². The summed E-state index contributed by atoms with van der Waals surface area (Å²) in [5, 5.41) is 0. The van der Waals surface area contributed by atoms with E-state index in [1.165, 1.54) is 24.3 Å². The molecule has 0 spiro atoms. The van der Waals surface area contributed by atoms with Crippen LogP contribution in [-0.4, -0.2) is 19.0 Å².